The Hall–Kier alpha value is -0.970. The standard InChI is InChI=1S/C13H20FN3/c1-16(2)13(17-9-7-15-8-10-17)11-3-5-12(14)6-4-11/h3-6,13,15H,7-10H2,1-2H3. The summed E-state index contributed by atoms with van der Waals surface area (Å²) in [7, 11) is 4.13. The molecule has 1 heterocycles. The van der Waals surface area contributed by atoms with Crippen molar-refractivity contribution in [3.8, 4) is 0 Å². The Morgan fingerprint density at radius 1 is 1.18 bits per heavy atom. The maximum absolute atomic E-state index is 13.0. The molecule has 1 atom stereocenters. The fourth-order valence-electron chi connectivity index (χ4n) is 2.40. The van der Waals surface area contributed by atoms with Crippen LogP contribution in [0.2, 0.25) is 0 Å². The molecule has 0 saturated carbocycles. The Balaban J connectivity index is 2.18. The highest BCUT2D eigenvalue weighted by Crippen LogP contribution is 2.23. The van der Waals surface area contributed by atoms with E-state index in [1.807, 2.05) is 12.1 Å². The topological polar surface area (TPSA) is 18.5 Å². The molecule has 4 heteroatoms. The highest BCUT2D eigenvalue weighted by Gasteiger charge is 2.23. The number of rotatable bonds is 3. The molecule has 94 valence electrons. The lowest BCUT2D eigenvalue weighted by Gasteiger charge is -2.38. The van der Waals surface area contributed by atoms with Crippen LogP contribution in [0.5, 0.6) is 0 Å². The van der Waals surface area contributed by atoms with E-state index in [9.17, 15) is 4.39 Å². The molecule has 17 heavy (non-hydrogen) atoms. The number of benzene rings is 1. The number of nitrogens with one attached hydrogen (secondary N) is 1. The van der Waals surface area contributed by atoms with Gasteiger partial charge >= 0.3 is 0 Å². The lowest BCUT2D eigenvalue weighted by molar-refractivity contribution is 0.0672. The van der Waals surface area contributed by atoms with Crippen LogP contribution in [-0.4, -0.2) is 50.1 Å². The molecule has 0 amide bonds. The van der Waals surface area contributed by atoms with E-state index in [1.54, 1.807) is 0 Å². The SMILES string of the molecule is CN(C)C(c1ccc(F)cc1)N1CCNCC1. The number of hydrogen-bond acceptors (Lipinski definition) is 3. The number of halogens is 1. The van der Waals surface area contributed by atoms with Crippen molar-refractivity contribution >= 4 is 0 Å². The second-order valence-corrected chi connectivity index (χ2v) is 4.67. The van der Waals surface area contributed by atoms with E-state index < -0.39 is 0 Å². The summed E-state index contributed by atoms with van der Waals surface area (Å²) in [6.07, 6.45) is 0.234. The molecule has 1 saturated heterocycles. The van der Waals surface area contributed by atoms with Crippen LogP contribution in [0.25, 0.3) is 0 Å². The predicted octanol–water partition coefficient (Wildman–Crippen LogP) is 1.29. The van der Waals surface area contributed by atoms with E-state index in [-0.39, 0.29) is 12.0 Å². The van der Waals surface area contributed by atoms with Crippen molar-refractivity contribution in [3.05, 3.63) is 35.6 Å². The summed E-state index contributed by atoms with van der Waals surface area (Å²) in [6, 6.07) is 6.83. The van der Waals surface area contributed by atoms with Crippen LogP contribution in [0.1, 0.15) is 11.7 Å². The highest BCUT2D eigenvalue weighted by atomic mass is 19.1. The first-order valence-electron chi connectivity index (χ1n) is 6.05. The average molecular weight is 237 g/mol. The van der Waals surface area contributed by atoms with Crippen LogP contribution < -0.4 is 5.32 Å². The molecule has 3 nitrogen and oxygen atoms in total. The Morgan fingerprint density at radius 2 is 1.76 bits per heavy atom. The zero-order valence-electron chi connectivity index (χ0n) is 10.5. The molecule has 1 aliphatic heterocycles. The first kappa shape index (κ1) is 12.5. The first-order valence-corrected chi connectivity index (χ1v) is 6.05. The van der Waals surface area contributed by atoms with Gasteiger partial charge in [-0.3, -0.25) is 9.80 Å². The predicted molar refractivity (Wildman–Crippen MR) is 67.3 cm³/mol. The molecule has 1 N–H and O–H groups in total. The van der Waals surface area contributed by atoms with Crippen molar-refractivity contribution in [2.24, 2.45) is 0 Å². The van der Waals surface area contributed by atoms with Gasteiger partial charge in [-0.25, -0.2) is 4.39 Å². The monoisotopic (exact) mass is 237 g/mol. The first-order chi connectivity index (χ1) is 8.18. The Morgan fingerprint density at radius 3 is 2.29 bits per heavy atom. The molecule has 0 aromatic heterocycles. The summed E-state index contributed by atoms with van der Waals surface area (Å²) in [5.74, 6) is -0.174. The Labute approximate surface area is 102 Å². The third-order valence-electron chi connectivity index (χ3n) is 3.15. The average Bonchev–Trinajstić information content (AvgIpc) is 2.33. The number of hydrogen-bond donors (Lipinski definition) is 1. The second-order valence-electron chi connectivity index (χ2n) is 4.67. The van der Waals surface area contributed by atoms with Crippen molar-refractivity contribution in [1.82, 2.24) is 15.1 Å². The van der Waals surface area contributed by atoms with Gasteiger partial charge in [0.25, 0.3) is 0 Å². The van der Waals surface area contributed by atoms with Crippen LogP contribution in [0.15, 0.2) is 24.3 Å². The summed E-state index contributed by atoms with van der Waals surface area (Å²) in [5.41, 5.74) is 1.15. The van der Waals surface area contributed by atoms with Crippen LogP contribution in [-0.2, 0) is 0 Å². The number of nitrogens with zero attached hydrogens (tertiary/aromatic N) is 2. The Bertz CT molecular complexity index is 344. The summed E-state index contributed by atoms with van der Waals surface area (Å²) in [4.78, 5) is 4.60. The minimum atomic E-state index is -0.174. The Kier molecular flexibility index (Phi) is 4.10. The molecular formula is C13H20FN3. The van der Waals surface area contributed by atoms with Gasteiger partial charge < -0.3 is 5.32 Å². The smallest absolute Gasteiger partial charge is 0.123 e. The molecule has 0 radical (unpaired) electrons. The van der Waals surface area contributed by atoms with Crippen LogP contribution >= 0.6 is 0 Å². The van der Waals surface area contributed by atoms with E-state index in [1.165, 1.54) is 12.1 Å². The lowest BCUT2D eigenvalue weighted by Crippen LogP contribution is -2.48. The summed E-state index contributed by atoms with van der Waals surface area (Å²) >= 11 is 0. The van der Waals surface area contributed by atoms with Gasteiger partial charge in [-0.1, -0.05) is 12.1 Å². The fourth-order valence-corrected chi connectivity index (χ4v) is 2.40. The minimum absolute atomic E-state index is 0.174. The van der Waals surface area contributed by atoms with Gasteiger partial charge in [-0.05, 0) is 31.8 Å². The van der Waals surface area contributed by atoms with E-state index in [0.717, 1.165) is 31.7 Å². The van der Waals surface area contributed by atoms with Crippen LogP contribution in [0, 0.1) is 5.82 Å². The van der Waals surface area contributed by atoms with Gasteiger partial charge in [0.15, 0.2) is 0 Å². The van der Waals surface area contributed by atoms with E-state index in [2.05, 4.69) is 29.2 Å². The molecule has 0 aliphatic carbocycles. The fraction of sp³-hybridized carbons (Fsp3) is 0.538. The minimum Gasteiger partial charge on any atom is -0.314 e. The van der Waals surface area contributed by atoms with Crippen molar-refractivity contribution < 1.29 is 4.39 Å². The second kappa shape index (κ2) is 5.58. The van der Waals surface area contributed by atoms with E-state index in [4.69, 9.17) is 0 Å². The van der Waals surface area contributed by atoms with Gasteiger partial charge in [0.1, 0.15) is 5.82 Å². The molecule has 1 aromatic rings. The molecule has 2 rings (SSSR count). The van der Waals surface area contributed by atoms with Gasteiger partial charge in [-0.15, -0.1) is 0 Å². The third-order valence-corrected chi connectivity index (χ3v) is 3.15. The lowest BCUT2D eigenvalue weighted by atomic mass is 10.1. The van der Waals surface area contributed by atoms with Gasteiger partial charge in [0, 0.05) is 26.2 Å². The summed E-state index contributed by atoms with van der Waals surface area (Å²) in [6.45, 7) is 4.09. The quantitative estimate of drug-likeness (QED) is 0.854. The van der Waals surface area contributed by atoms with Crippen molar-refractivity contribution in [1.29, 1.82) is 0 Å². The highest BCUT2D eigenvalue weighted by molar-refractivity contribution is 5.19. The zero-order valence-corrected chi connectivity index (χ0v) is 10.5. The van der Waals surface area contributed by atoms with Crippen LogP contribution in [0.3, 0.4) is 0 Å². The molecule has 1 unspecified atom stereocenters. The molecule has 1 aliphatic rings. The maximum Gasteiger partial charge on any atom is 0.123 e. The van der Waals surface area contributed by atoms with E-state index >= 15 is 0 Å². The molecule has 1 aromatic carbocycles. The van der Waals surface area contributed by atoms with Crippen LogP contribution in [0.4, 0.5) is 4.39 Å². The maximum atomic E-state index is 13.0. The molecule has 0 spiro atoms. The van der Waals surface area contributed by atoms with Gasteiger partial charge in [0.05, 0.1) is 6.17 Å². The summed E-state index contributed by atoms with van der Waals surface area (Å²) in [5, 5.41) is 3.35. The molecule has 1 fully saturated rings. The van der Waals surface area contributed by atoms with Gasteiger partial charge in [-0.2, -0.15) is 0 Å². The van der Waals surface area contributed by atoms with Crippen molar-refractivity contribution in [3.63, 3.8) is 0 Å². The largest absolute Gasteiger partial charge is 0.314 e. The third kappa shape index (κ3) is 3.03. The zero-order chi connectivity index (χ0) is 12.3. The molecular weight excluding hydrogens is 217 g/mol. The van der Waals surface area contributed by atoms with Crippen molar-refractivity contribution in [2.45, 2.75) is 6.17 Å². The van der Waals surface area contributed by atoms with Crippen molar-refractivity contribution in [2.75, 3.05) is 40.3 Å². The van der Waals surface area contributed by atoms with E-state index in [0.29, 0.717) is 0 Å². The number of piperazine rings is 1. The molecule has 0 bridgehead atoms. The normalized spacial score (nSPS) is 19.5. The van der Waals surface area contributed by atoms with Gasteiger partial charge in [0.2, 0.25) is 0 Å². The summed E-state index contributed by atoms with van der Waals surface area (Å²) < 4.78 is 13.0.